The van der Waals surface area contributed by atoms with Crippen LogP contribution in [0.4, 0.5) is 4.79 Å². The second-order valence-electron chi connectivity index (χ2n) is 14.2. The largest absolute Gasteiger partial charge is 0.444 e. The molecule has 10 nitrogen and oxygen atoms in total. The Morgan fingerprint density at radius 1 is 1.13 bits per heavy atom. The molecule has 6 rings (SSSR count). The number of nitriles is 1. The van der Waals surface area contributed by atoms with Crippen LogP contribution in [0.2, 0.25) is 0 Å². The highest BCUT2D eigenvalue weighted by Crippen LogP contribution is 2.46. The molecule has 2 aromatic carbocycles. The predicted octanol–water partition coefficient (Wildman–Crippen LogP) is 4.79. The molecule has 1 atom stereocenters. The molecule has 4 aliphatic rings. The Balaban J connectivity index is 1.14. The van der Waals surface area contributed by atoms with Gasteiger partial charge in [0.2, 0.25) is 0 Å². The first-order chi connectivity index (χ1) is 22.5. The summed E-state index contributed by atoms with van der Waals surface area (Å²) in [5.74, 6) is -0.420. The SMILES string of the molecule is C/C=C/c1cc(-c2ccc3c(c2)C2(CCN(C4COC4)CC2)OC3)ccc1C[C@@H](C#N)NC(=O)C1(OC)CN(C(=O)OC(C)(C)C)C1. The van der Waals surface area contributed by atoms with E-state index in [-0.39, 0.29) is 18.7 Å². The fraction of sp³-hybridized carbons (Fsp3) is 0.541. The van der Waals surface area contributed by atoms with Gasteiger partial charge in [0.25, 0.3) is 5.91 Å². The van der Waals surface area contributed by atoms with E-state index in [1.165, 1.54) is 23.1 Å². The molecule has 0 aliphatic carbocycles. The Morgan fingerprint density at radius 3 is 2.45 bits per heavy atom. The van der Waals surface area contributed by atoms with Crippen LogP contribution in [0.25, 0.3) is 17.2 Å². The monoisotopic (exact) mass is 642 g/mol. The zero-order chi connectivity index (χ0) is 33.4. The molecular formula is C37H46N4O6. The lowest BCUT2D eigenvalue weighted by molar-refractivity contribution is -0.164. The van der Waals surface area contributed by atoms with E-state index in [9.17, 15) is 14.9 Å². The molecule has 0 bridgehead atoms. The van der Waals surface area contributed by atoms with E-state index in [0.29, 0.717) is 19.1 Å². The Morgan fingerprint density at radius 2 is 1.83 bits per heavy atom. The number of likely N-dealkylation sites (tertiary alicyclic amines) is 2. The minimum absolute atomic E-state index is 0.0573. The molecule has 4 aliphatic heterocycles. The maximum Gasteiger partial charge on any atom is 0.410 e. The number of benzene rings is 2. The number of hydrogen-bond acceptors (Lipinski definition) is 8. The third-order valence-corrected chi connectivity index (χ3v) is 9.91. The second-order valence-corrected chi connectivity index (χ2v) is 14.2. The van der Waals surface area contributed by atoms with Crippen LogP contribution in [0.1, 0.15) is 62.8 Å². The van der Waals surface area contributed by atoms with Gasteiger partial charge in [-0.1, -0.05) is 36.4 Å². The molecule has 1 N–H and O–H groups in total. The van der Waals surface area contributed by atoms with Gasteiger partial charge in [0.05, 0.1) is 50.6 Å². The number of nitrogens with zero attached hydrogens (tertiary/aromatic N) is 3. The standard InChI is InChI=1S/C37H46N4O6/c1-6-7-25-16-26(28-10-11-29-20-46-36(32(29)18-28)12-14-40(15-13-36)31-21-45-22-31)8-9-27(25)17-30(19-38)39-33(42)37(44-5)23-41(24-37)34(43)47-35(2,3)4/h6-11,16,18,30-31H,12-15,17,20-24H2,1-5H3,(H,39,42)/b7-6+/t30-/m0/s1. The van der Waals surface area contributed by atoms with Crippen molar-refractivity contribution in [1.29, 1.82) is 5.26 Å². The Hall–Kier alpha value is -3.75. The van der Waals surface area contributed by atoms with Crippen molar-refractivity contribution in [3.05, 3.63) is 64.7 Å². The highest BCUT2D eigenvalue weighted by molar-refractivity contribution is 5.89. The first-order valence-electron chi connectivity index (χ1n) is 16.6. The molecule has 3 fully saturated rings. The van der Waals surface area contributed by atoms with Crippen LogP contribution in [-0.4, -0.2) is 91.6 Å². The van der Waals surface area contributed by atoms with Crippen LogP contribution in [0.3, 0.4) is 0 Å². The fourth-order valence-electron chi connectivity index (χ4n) is 7.02. The second kappa shape index (κ2) is 13.0. The van der Waals surface area contributed by atoms with Gasteiger partial charge in [-0.15, -0.1) is 0 Å². The number of amides is 2. The van der Waals surface area contributed by atoms with Crippen molar-refractivity contribution in [2.45, 2.75) is 82.5 Å². The van der Waals surface area contributed by atoms with Crippen molar-refractivity contribution in [1.82, 2.24) is 15.1 Å². The van der Waals surface area contributed by atoms with Crippen molar-refractivity contribution < 1.29 is 28.5 Å². The lowest BCUT2D eigenvalue weighted by Crippen LogP contribution is -2.71. The summed E-state index contributed by atoms with van der Waals surface area (Å²) in [5.41, 5.74) is 4.62. The van der Waals surface area contributed by atoms with Crippen molar-refractivity contribution in [2.75, 3.05) is 46.5 Å². The maximum absolute atomic E-state index is 13.3. The first-order valence-corrected chi connectivity index (χ1v) is 16.6. The van der Waals surface area contributed by atoms with Crippen molar-refractivity contribution >= 4 is 18.1 Å². The van der Waals surface area contributed by atoms with Gasteiger partial charge in [-0.2, -0.15) is 5.26 Å². The van der Waals surface area contributed by atoms with Crippen molar-refractivity contribution in [2.24, 2.45) is 0 Å². The van der Waals surface area contributed by atoms with Crippen LogP contribution < -0.4 is 5.32 Å². The number of hydrogen-bond donors (Lipinski definition) is 1. The van der Waals surface area contributed by atoms with Crippen molar-refractivity contribution in [3.8, 4) is 17.2 Å². The number of methoxy groups -OCH3 is 1. The molecular weight excluding hydrogens is 596 g/mol. The van der Waals surface area contributed by atoms with Crippen LogP contribution in [-0.2, 0) is 42.4 Å². The van der Waals surface area contributed by atoms with Gasteiger partial charge in [0, 0.05) is 26.6 Å². The number of allylic oxidation sites excluding steroid dienone is 1. The number of carbonyl (C=O) groups is 2. The van der Waals surface area contributed by atoms with Gasteiger partial charge in [0.1, 0.15) is 11.6 Å². The van der Waals surface area contributed by atoms with Crippen LogP contribution in [0.5, 0.6) is 0 Å². The number of fused-ring (bicyclic) bond motifs is 2. The summed E-state index contributed by atoms with van der Waals surface area (Å²) >= 11 is 0. The summed E-state index contributed by atoms with van der Waals surface area (Å²) in [5, 5.41) is 12.9. The topological polar surface area (TPSA) is 113 Å². The molecule has 4 heterocycles. The third kappa shape index (κ3) is 6.68. The van der Waals surface area contributed by atoms with Crippen LogP contribution in [0.15, 0.2) is 42.5 Å². The Kier molecular flexibility index (Phi) is 9.20. The molecule has 10 heteroatoms. The van der Waals surface area contributed by atoms with Gasteiger partial charge >= 0.3 is 6.09 Å². The summed E-state index contributed by atoms with van der Waals surface area (Å²) < 4.78 is 22.9. The molecule has 2 aromatic rings. The number of nitrogens with one attached hydrogen (secondary N) is 1. The molecule has 3 saturated heterocycles. The van der Waals surface area contributed by atoms with Gasteiger partial charge < -0.3 is 29.2 Å². The van der Waals surface area contributed by atoms with E-state index in [1.807, 2.05) is 25.1 Å². The molecule has 250 valence electrons. The fourth-order valence-corrected chi connectivity index (χ4v) is 7.02. The maximum atomic E-state index is 13.3. The van der Waals surface area contributed by atoms with E-state index in [2.05, 4.69) is 46.6 Å². The van der Waals surface area contributed by atoms with E-state index in [0.717, 1.165) is 61.4 Å². The normalized spacial score (nSPS) is 21.1. The average molecular weight is 643 g/mol. The van der Waals surface area contributed by atoms with E-state index in [1.54, 1.807) is 20.8 Å². The quantitative estimate of drug-likeness (QED) is 0.437. The minimum atomic E-state index is -1.22. The minimum Gasteiger partial charge on any atom is -0.444 e. The Labute approximate surface area is 277 Å². The van der Waals surface area contributed by atoms with Gasteiger partial charge in [-0.05, 0) is 86.1 Å². The lowest BCUT2D eigenvalue weighted by Gasteiger charge is -2.47. The van der Waals surface area contributed by atoms with Gasteiger partial charge in [-0.3, -0.25) is 9.69 Å². The zero-order valence-electron chi connectivity index (χ0n) is 28.1. The molecule has 1 spiro atoms. The summed E-state index contributed by atoms with van der Waals surface area (Å²) in [4.78, 5) is 29.7. The van der Waals surface area contributed by atoms with Crippen LogP contribution in [0, 0.1) is 11.3 Å². The van der Waals surface area contributed by atoms with E-state index < -0.39 is 29.2 Å². The molecule has 0 unspecified atom stereocenters. The summed E-state index contributed by atoms with van der Waals surface area (Å²) in [7, 11) is 1.44. The zero-order valence-corrected chi connectivity index (χ0v) is 28.1. The molecule has 47 heavy (non-hydrogen) atoms. The Bertz CT molecular complexity index is 1570. The lowest BCUT2D eigenvalue weighted by atomic mass is 9.82. The highest BCUT2D eigenvalue weighted by atomic mass is 16.6. The van der Waals surface area contributed by atoms with E-state index >= 15 is 0 Å². The summed E-state index contributed by atoms with van der Waals surface area (Å²) in [6, 6.07) is 15.0. The summed E-state index contributed by atoms with van der Waals surface area (Å²) in [6.45, 7) is 11.8. The van der Waals surface area contributed by atoms with Gasteiger partial charge in [0.15, 0.2) is 5.60 Å². The van der Waals surface area contributed by atoms with Crippen molar-refractivity contribution in [3.63, 3.8) is 0 Å². The van der Waals surface area contributed by atoms with Gasteiger partial charge in [-0.25, -0.2) is 4.79 Å². The number of piperidine rings is 1. The number of rotatable bonds is 8. The highest BCUT2D eigenvalue weighted by Gasteiger charge is 2.53. The molecule has 0 radical (unpaired) electrons. The third-order valence-electron chi connectivity index (χ3n) is 9.91. The van der Waals surface area contributed by atoms with Crippen LogP contribution >= 0.6 is 0 Å². The summed E-state index contributed by atoms with van der Waals surface area (Å²) in [6.07, 6.45) is 5.80. The molecule has 0 saturated carbocycles. The predicted molar refractivity (Wildman–Crippen MR) is 177 cm³/mol. The van der Waals surface area contributed by atoms with E-state index in [4.69, 9.17) is 18.9 Å². The number of ether oxygens (including phenoxy) is 4. The number of carbonyl (C=O) groups excluding carboxylic acids is 2. The first kappa shape index (κ1) is 33.2. The molecule has 0 aromatic heterocycles. The average Bonchev–Trinajstić information content (AvgIpc) is 3.33. The smallest absolute Gasteiger partial charge is 0.410 e. The molecule has 2 amide bonds.